The number of aryl methyl sites for hydroxylation is 1. The molecule has 2 amide bonds. The predicted octanol–water partition coefficient (Wildman–Crippen LogP) is -4.71. The number of carboxylic acid groups (broad SMARTS) is 1. The summed E-state index contributed by atoms with van der Waals surface area (Å²) < 4.78 is 1.44. The van der Waals surface area contributed by atoms with Crippen LogP contribution in [0.4, 0.5) is 0 Å². The fourth-order valence-electron chi connectivity index (χ4n) is 3.34. The molecule has 2 aliphatic rings. The minimum atomic E-state index is -1.49. The number of tetrazole rings is 1. The summed E-state index contributed by atoms with van der Waals surface area (Å²) in [5, 5.41) is 46.9. The Labute approximate surface area is 222 Å². The minimum absolute atomic E-state index is 0. The molecule has 1 aromatic heterocycles. The molecule has 2 aliphatic heterocycles. The first-order chi connectivity index (χ1) is 15.8. The van der Waals surface area contributed by atoms with Gasteiger partial charge < -0.3 is 25.5 Å². The maximum Gasteiger partial charge on any atom is 1.00 e. The molecule has 0 bridgehead atoms. The molecule has 3 heterocycles. The molecule has 0 spiro atoms. The number of carbonyl (C=O) groups is 3. The van der Waals surface area contributed by atoms with Crippen LogP contribution in [-0.4, -0.2) is 81.8 Å². The average molecular weight is 513 g/mol. The third-order valence-corrected chi connectivity index (χ3v) is 7.38. The van der Waals surface area contributed by atoms with Crippen molar-refractivity contribution in [3.63, 3.8) is 0 Å². The summed E-state index contributed by atoms with van der Waals surface area (Å²) in [6, 6.07) is 4.37. The van der Waals surface area contributed by atoms with Gasteiger partial charge in [-0.3, -0.25) is 14.5 Å². The maximum atomic E-state index is 12.8. The predicted molar refractivity (Wildman–Crippen MR) is 113 cm³/mol. The van der Waals surface area contributed by atoms with Gasteiger partial charge in [0.25, 0.3) is 11.8 Å². The number of carbonyl (C=O) groups excluding carboxylic acids is 3. The van der Waals surface area contributed by atoms with Crippen LogP contribution in [0.3, 0.4) is 0 Å². The Morgan fingerprint density at radius 2 is 2.06 bits per heavy atom. The van der Waals surface area contributed by atoms with Gasteiger partial charge >= 0.3 is 29.6 Å². The molecule has 2 atom stereocenters. The van der Waals surface area contributed by atoms with Crippen LogP contribution < -0.4 is 40.0 Å². The number of oxime groups is 1. The number of fused-ring (bicyclic) bond motifs is 1. The number of aliphatic carboxylic acids is 1. The molecule has 1 aromatic carbocycles. The van der Waals surface area contributed by atoms with Crippen molar-refractivity contribution in [2.75, 3.05) is 11.5 Å². The van der Waals surface area contributed by atoms with Gasteiger partial charge in [0.1, 0.15) is 17.2 Å². The molecule has 4 rings (SSSR count). The van der Waals surface area contributed by atoms with E-state index in [2.05, 4.69) is 26.0 Å². The number of hydrogen-bond acceptors (Lipinski definition) is 12. The van der Waals surface area contributed by atoms with Crippen molar-refractivity contribution in [2.24, 2.45) is 12.2 Å². The van der Waals surface area contributed by atoms with Crippen molar-refractivity contribution < 1.29 is 59.4 Å². The molecule has 1 fully saturated rings. The average Bonchev–Trinajstić information content (AvgIpc) is 3.21. The summed E-state index contributed by atoms with van der Waals surface area (Å²) in [4.78, 5) is 38.3. The number of β-lactam (4-membered cyclic amide) rings is 1. The number of thioether (sulfide) groups is 2. The normalized spacial score (nSPS) is 19.7. The number of amides is 2. The zero-order valence-corrected chi connectivity index (χ0v) is 21.5. The zero-order chi connectivity index (χ0) is 23.7. The second-order valence-corrected chi connectivity index (χ2v) is 9.02. The number of rotatable bonds is 7. The van der Waals surface area contributed by atoms with Crippen molar-refractivity contribution in [1.82, 2.24) is 30.4 Å². The summed E-state index contributed by atoms with van der Waals surface area (Å²) in [6.45, 7) is 0. The topological polar surface area (TPSA) is 186 Å². The SMILES string of the molecule is Cn1nnnc1SCC1=C(C(=O)[O-])N2C(=O)C(NC(=O)/C(=N/O)c3ccc(O)cc3)C2SC1.[Na+]. The number of carboxylic acids is 1. The van der Waals surface area contributed by atoms with Gasteiger partial charge in [0.05, 0.1) is 11.7 Å². The summed E-state index contributed by atoms with van der Waals surface area (Å²) in [6.07, 6.45) is 0. The number of nitrogens with zero attached hydrogens (tertiary/aromatic N) is 6. The Morgan fingerprint density at radius 3 is 2.65 bits per heavy atom. The van der Waals surface area contributed by atoms with Crippen molar-refractivity contribution >= 4 is 47.0 Å². The summed E-state index contributed by atoms with van der Waals surface area (Å²) >= 11 is 2.51. The molecule has 2 aromatic rings. The van der Waals surface area contributed by atoms with E-state index in [-0.39, 0.29) is 58.0 Å². The van der Waals surface area contributed by atoms with Gasteiger partial charge in [-0.2, -0.15) is 0 Å². The van der Waals surface area contributed by atoms with Gasteiger partial charge in [0.2, 0.25) is 5.16 Å². The Balaban J connectivity index is 0.00000324. The van der Waals surface area contributed by atoms with Gasteiger partial charge in [-0.1, -0.05) is 16.9 Å². The molecular weight excluding hydrogens is 497 g/mol. The molecular formula is C18H16N7NaO6S2. The smallest absolute Gasteiger partial charge is 0.543 e. The number of benzene rings is 1. The standard InChI is InChI=1S/C18H17N7O6S2.Na/c1-24-18(20-22-23-24)33-7-9-6-32-16-12(15(28)25(16)13(9)17(29)30)19-14(27)11(21-31)8-2-4-10(26)5-3-8;/h2-5,12,16,26,31H,6-7H2,1H3,(H,19,27)(H,29,30);/q;+1/p-1/b21-11+;. The molecule has 0 aliphatic carbocycles. The van der Waals surface area contributed by atoms with E-state index in [1.165, 1.54) is 52.5 Å². The van der Waals surface area contributed by atoms with E-state index in [1.54, 1.807) is 7.05 Å². The summed E-state index contributed by atoms with van der Waals surface area (Å²) in [7, 11) is 1.65. The molecule has 0 saturated carbocycles. The van der Waals surface area contributed by atoms with Crippen LogP contribution in [0.25, 0.3) is 0 Å². The van der Waals surface area contributed by atoms with Crippen LogP contribution >= 0.6 is 23.5 Å². The fraction of sp³-hybridized carbons (Fsp3) is 0.278. The number of phenols is 1. The second-order valence-electron chi connectivity index (χ2n) is 6.97. The molecule has 0 radical (unpaired) electrons. The largest absolute Gasteiger partial charge is 1.00 e. The van der Waals surface area contributed by atoms with Gasteiger partial charge in [-0.05, 0) is 40.3 Å². The molecule has 16 heteroatoms. The number of phenolic OH excluding ortho intramolecular Hbond substituents is 1. The number of aromatic nitrogens is 4. The second kappa shape index (κ2) is 10.8. The van der Waals surface area contributed by atoms with Gasteiger partial charge in [0, 0.05) is 24.1 Å². The van der Waals surface area contributed by atoms with Crippen molar-refractivity contribution in [1.29, 1.82) is 0 Å². The third-order valence-electron chi connectivity index (χ3n) is 4.94. The monoisotopic (exact) mass is 513 g/mol. The van der Waals surface area contributed by atoms with E-state index in [1.807, 2.05) is 0 Å². The Kier molecular flexibility index (Phi) is 8.25. The van der Waals surface area contributed by atoms with Crippen LogP contribution in [-0.2, 0) is 21.4 Å². The van der Waals surface area contributed by atoms with Crippen LogP contribution in [0, 0.1) is 0 Å². The summed E-state index contributed by atoms with van der Waals surface area (Å²) in [5.41, 5.74) is 0.114. The van der Waals surface area contributed by atoms with Gasteiger partial charge in [0.15, 0.2) is 5.71 Å². The maximum absolute atomic E-state index is 12.8. The molecule has 3 N–H and O–H groups in total. The van der Waals surface area contributed by atoms with Crippen LogP contribution in [0.15, 0.2) is 45.8 Å². The molecule has 34 heavy (non-hydrogen) atoms. The van der Waals surface area contributed by atoms with E-state index < -0.39 is 29.2 Å². The van der Waals surface area contributed by atoms with Gasteiger partial charge in [-0.15, -0.1) is 16.9 Å². The first-order valence-electron chi connectivity index (χ1n) is 9.37. The molecule has 2 unspecified atom stereocenters. The van der Waals surface area contributed by atoms with Crippen LogP contribution in [0.1, 0.15) is 5.56 Å². The van der Waals surface area contributed by atoms with E-state index in [9.17, 15) is 29.8 Å². The van der Waals surface area contributed by atoms with Crippen LogP contribution in [0.5, 0.6) is 5.75 Å². The first kappa shape index (κ1) is 26.0. The fourth-order valence-corrected chi connectivity index (χ4v) is 5.68. The molecule has 13 nitrogen and oxygen atoms in total. The minimum Gasteiger partial charge on any atom is -0.543 e. The van der Waals surface area contributed by atoms with Gasteiger partial charge in [-0.25, -0.2) is 4.68 Å². The van der Waals surface area contributed by atoms with Crippen molar-refractivity contribution in [3.8, 4) is 5.75 Å². The third kappa shape index (κ3) is 4.93. The van der Waals surface area contributed by atoms with Crippen LogP contribution in [0.2, 0.25) is 0 Å². The van der Waals surface area contributed by atoms with Crippen molar-refractivity contribution in [2.45, 2.75) is 16.6 Å². The van der Waals surface area contributed by atoms with E-state index in [0.29, 0.717) is 16.5 Å². The van der Waals surface area contributed by atoms with E-state index in [4.69, 9.17) is 0 Å². The Morgan fingerprint density at radius 1 is 1.35 bits per heavy atom. The Hall–Kier alpha value is -2.59. The number of nitrogens with one attached hydrogen (secondary N) is 1. The summed E-state index contributed by atoms with van der Waals surface area (Å²) in [5.74, 6) is -2.44. The molecule has 1 saturated heterocycles. The molecule has 172 valence electrons. The van der Waals surface area contributed by atoms with E-state index in [0.717, 1.165) is 4.90 Å². The van der Waals surface area contributed by atoms with Crippen molar-refractivity contribution in [3.05, 3.63) is 41.1 Å². The first-order valence-corrected chi connectivity index (χ1v) is 11.4. The zero-order valence-electron chi connectivity index (χ0n) is 17.9. The van der Waals surface area contributed by atoms with E-state index >= 15 is 0 Å². The Bertz CT molecular complexity index is 1190. The number of aromatic hydroxyl groups is 1. The quantitative estimate of drug-likeness (QED) is 0.0806. The number of hydrogen-bond donors (Lipinski definition) is 3.